The Balaban J connectivity index is 0.000000221. The molecule has 726 valence electrons. The minimum atomic E-state index is -1.27. The first kappa shape index (κ1) is 114. The standard InChI is InChI=1S/C22H27FN2O2.C21H25FN2O2.C21H23FN2O.C15H20N2O2.C9H18N2O2.C8H8INO.C6H4F.C6H6IN.Li/c1-16(26)25(3)21-9-7-17(8-10-21)22(27,18-11-13-24(2)14-12-18)19-5-4-6-20(23)15-19;1-15(25)23-20-8-6-16(7-9-20)21(26,17-10-12-24(2)13-11-17)18-4-3-5-19(22)14-18;1-15(25)24(2)20-8-6-16(7-9-20)21(17-10-12-23-13-11-17)18-4-3-5-19(22)14-18;1-11(18)16-14-5-3-12(4-6-14)15(19)13-7-9-17(2)10-8-13;1-10-6-4-8(5-7-10)9(12)11(2)13-3;1-6(11)10-8-4-2-7(9)3-5-8;7-6-4-2-1-3-5-6;7-5-1-3-6(8)4-2-5;/h4-10,15,18,27H,11-14H2,1-3H3;3-9,14,17,26H,10-13H2,1-2H3,(H,23,25);3-9,14,23H,10-13H2,1-2H3;3-6,13H,7-10H2,1-2H3,(H,16,18);8H,4-7H2,1-3H3;2-5H,1H3,(H,10,11);1-2,4-5H;1-4H,8H2;/q;;;;;;-1;;+1. The van der Waals surface area contributed by atoms with Gasteiger partial charge in [-0.2, -0.15) is 18.2 Å². The van der Waals surface area contributed by atoms with Crippen LogP contribution in [0.3, 0.4) is 0 Å². The van der Waals surface area contributed by atoms with Crippen LogP contribution in [0.15, 0.2) is 248 Å². The van der Waals surface area contributed by atoms with Crippen LogP contribution in [0.1, 0.15) is 143 Å². The number of likely N-dealkylation sites (tertiary alicyclic amines) is 4. The quantitative estimate of drug-likeness (QED) is 0.00850. The summed E-state index contributed by atoms with van der Waals surface area (Å²) in [5, 5.41) is 36.5. The number of hydrogen-bond acceptors (Lipinski definition) is 16. The van der Waals surface area contributed by atoms with Crippen molar-refractivity contribution < 1.29 is 85.0 Å². The smallest absolute Gasteiger partial charge is 0.399 e. The molecule has 5 heterocycles. The third kappa shape index (κ3) is 36.4. The van der Waals surface area contributed by atoms with Crippen molar-refractivity contribution in [3.05, 3.63) is 324 Å². The molecule has 0 bridgehead atoms. The molecule has 5 aliphatic heterocycles. The van der Waals surface area contributed by atoms with E-state index < -0.39 is 11.2 Å². The van der Waals surface area contributed by atoms with Gasteiger partial charge in [0.05, 0.1) is 7.11 Å². The second-order valence-electron chi connectivity index (χ2n) is 34.7. The summed E-state index contributed by atoms with van der Waals surface area (Å²) in [7, 11) is 15.0. The van der Waals surface area contributed by atoms with E-state index in [0.717, 1.165) is 189 Å². The van der Waals surface area contributed by atoms with Crippen LogP contribution in [0, 0.1) is 60.1 Å². The van der Waals surface area contributed by atoms with Crippen LogP contribution >= 0.6 is 45.2 Å². The Morgan fingerprint density at radius 1 is 0.438 bits per heavy atom. The Bertz CT molecular complexity index is 5450. The van der Waals surface area contributed by atoms with Gasteiger partial charge in [0.25, 0.3) is 0 Å². The number of carbonyl (C=O) groups excluding carboxylic acids is 7. The second kappa shape index (κ2) is 57.3. The fraction of sp³-hybridized carbons (Fsp3) is 0.361. The molecule has 10 aromatic carbocycles. The summed E-state index contributed by atoms with van der Waals surface area (Å²) < 4.78 is 55.9. The molecule has 2 atom stereocenters. The topological polar surface area (TPSA) is 266 Å². The Morgan fingerprint density at radius 3 is 1.15 bits per heavy atom. The van der Waals surface area contributed by atoms with Crippen molar-refractivity contribution in [3.63, 3.8) is 0 Å². The van der Waals surface area contributed by atoms with Gasteiger partial charge < -0.3 is 66.6 Å². The normalized spacial score (nSPS) is 15.7. The fourth-order valence-corrected chi connectivity index (χ4v) is 17.3. The van der Waals surface area contributed by atoms with Gasteiger partial charge in [0.2, 0.25) is 35.4 Å². The van der Waals surface area contributed by atoms with Crippen molar-refractivity contribution in [1.29, 1.82) is 0 Å². The van der Waals surface area contributed by atoms with Crippen LogP contribution in [-0.4, -0.2) is 198 Å². The van der Waals surface area contributed by atoms with Gasteiger partial charge in [-0.3, -0.25) is 42.8 Å². The number of hydrogen-bond donors (Lipinski definition) is 7. The number of aliphatic hydroxyl groups is 2. The average Bonchev–Trinajstić information content (AvgIpc) is 0.764. The SMILES string of the molecule is CC(=O)N(C)c1ccc(C(=C2CCNCC2)c2cccc(F)c2)cc1.CC(=O)N(C)c1ccc(C(O)(c2cccc(F)c2)C2CCN(C)CC2)cc1.CC(=O)Nc1ccc(C(=O)C2CCN(C)CC2)cc1.CC(=O)Nc1ccc(C(O)(c2cccc(F)c2)C2CCN(C)CC2)cc1.CC(=O)Nc1ccc(I)cc1.CON(C)C(=O)C1CCN(C)CC1.Fc1c[c-]ccc1.Nc1ccc(I)cc1.[Li+]. The molecule has 0 aliphatic carbocycles. The van der Waals surface area contributed by atoms with E-state index in [-0.39, 0.29) is 107 Å². The van der Waals surface area contributed by atoms with Crippen LogP contribution < -0.4 is 55.7 Å². The average molecular weight is 2090 g/mol. The van der Waals surface area contributed by atoms with Crippen molar-refractivity contribution >= 4 is 126 Å². The van der Waals surface area contributed by atoms with Gasteiger partial charge in [0, 0.05) is 120 Å². The molecule has 0 aromatic heterocycles. The number of nitrogens with one attached hydrogen (secondary N) is 4. The number of carbonyl (C=O) groups is 7. The van der Waals surface area contributed by atoms with Crippen LogP contribution in [0.4, 0.5) is 51.7 Å². The Labute approximate surface area is 845 Å². The molecule has 15 rings (SSSR count). The van der Waals surface area contributed by atoms with E-state index in [1.807, 2.05) is 115 Å². The third-order valence-corrected chi connectivity index (χ3v) is 26.0. The molecular formula is C108H131F4I2LiN12O10. The summed E-state index contributed by atoms with van der Waals surface area (Å²) in [5.41, 5.74) is 15.3. The van der Waals surface area contributed by atoms with Crippen molar-refractivity contribution in [3.8, 4) is 0 Å². The van der Waals surface area contributed by atoms with E-state index in [4.69, 9.17) is 10.6 Å². The number of halogens is 6. The minimum Gasteiger partial charge on any atom is -0.399 e. The van der Waals surface area contributed by atoms with Crippen molar-refractivity contribution in [2.75, 3.05) is 153 Å². The molecule has 6 amide bonds. The molecular weight excluding hydrogens is 1960 g/mol. The fourth-order valence-electron chi connectivity index (χ4n) is 16.5. The zero-order valence-corrected chi connectivity index (χ0v) is 85.5. The molecule has 0 saturated carbocycles. The first-order valence-electron chi connectivity index (χ1n) is 45.7. The number of nitrogens with two attached hydrogens (primary N) is 1. The summed E-state index contributed by atoms with van der Waals surface area (Å²) in [5.74, 6) is -0.904. The number of amides is 6. The molecule has 2 unspecified atom stereocenters. The van der Waals surface area contributed by atoms with Crippen molar-refractivity contribution in [2.24, 2.45) is 23.7 Å². The van der Waals surface area contributed by atoms with E-state index in [1.54, 1.807) is 123 Å². The van der Waals surface area contributed by atoms with E-state index in [1.165, 1.54) is 91.5 Å². The number of hydroxylamine groups is 2. The minimum absolute atomic E-state index is 0. The number of benzene rings is 10. The molecule has 0 spiro atoms. The number of rotatable bonds is 17. The first-order valence-corrected chi connectivity index (χ1v) is 47.9. The zero-order valence-electron chi connectivity index (χ0n) is 81.2. The summed E-state index contributed by atoms with van der Waals surface area (Å²) in [4.78, 5) is 96.8. The van der Waals surface area contributed by atoms with Gasteiger partial charge in [0.15, 0.2) is 5.78 Å². The second-order valence-corrected chi connectivity index (χ2v) is 37.2. The number of anilines is 6. The Morgan fingerprint density at radius 2 is 0.788 bits per heavy atom. The summed E-state index contributed by atoms with van der Waals surface area (Å²) >= 11 is 4.46. The molecule has 8 N–H and O–H groups in total. The summed E-state index contributed by atoms with van der Waals surface area (Å²) in [6.45, 7) is 16.9. The maximum atomic E-state index is 13.9. The van der Waals surface area contributed by atoms with Gasteiger partial charge in [-0.05, 0) is 399 Å². The number of piperidine rings is 5. The Kier molecular flexibility index (Phi) is 47.5. The van der Waals surface area contributed by atoms with Crippen molar-refractivity contribution in [2.45, 2.75) is 110 Å². The number of ketones is 1. The van der Waals surface area contributed by atoms with Gasteiger partial charge >= 0.3 is 18.9 Å². The Hall–Kier alpha value is -10.3. The molecule has 10 aromatic rings. The molecule has 22 nitrogen and oxygen atoms in total. The third-order valence-electron chi connectivity index (χ3n) is 24.6. The zero-order chi connectivity index (χ0) is 99.2. The van der Waals surface area contributed by atoms with Gasteiger partial charge in [-0.15, -0.1) is 12.1 Å². The van der Waals surface area contributed by atoms with E-state index >= 15 is 0 Å². The predicted octanol–water partition coefficient (Wildman–Crippen LogP) is 16.0. The van der Waals surface area contributed by atoms with Crippen molar-refractivity contribution in [1.82, 2.24) is 30.0 Å². The molecule has 5 saturated heterocycles. The summed E-state index contributed by atoms with van der Waals surface area (Å²) in [6, 6.07) is 72.8. The van der Waals surface area contributed by atoms with Crippen LogP contribution in [0.25, 0.3) is 5.57 Å². The maximum absolute atomic E-state index is 13.9. The van der Waals surface area contributed by atoms with Crippen LogP contribution in [0.5, 0.6) is 0 Å². The monoisotopic (exact) mass is 2090 g/mol. The molecule has 29 heteroatoms. The van der Waals surface area contributed by atoms with E-state index in [2.05, 4.69) is 120 Å². The first-order chi connectivity index (χ1) is 64.8. The molecule has 5 aliphatic rings. The molecule has 5 fully saturated rings. The largest absolute Gasteiger partial charge is 1.00 e. The van der Waals surface area contributed by atoms with Gasteiger partial charge in [-0.25, -0.2) is 18.2 Å². The number of nitrogens with zero attached hydrogens (tertiary/aromatic N) is 7. The van der Waals surface area contributed by atoms with Gasteiger partial charge in [0.1, 0.15) is 28.7 Å². The molecule has 137 heavy (non-hydrogen) atoms. The maximum Gasteiger partial charge on any atom is 1.00 e. The van der Waals surface area contributed by atoms with Gasteiger partial charge in [-0.1, -0.05) is 78.4 Å². The van der Waals surface area contributed by atoms with Crippen LogP contribution in [0.2, 0.25) is 0 Å². The number of Topliss-reactive ketones (excluding diaryl/α,β-unsaturated/α-hetero) is 1. The predicted molar refractivity (Wildman–Crippen MR) is 553 cm³/mol. The molecule has 0 radical (unpaired) electrons. The van der Waals surface area contributed by atoms with Crippen LogP contribution in [-0.2, 0) is 44.8 Å². The summed E-state index contributed by atoms with van der Waals surface area (Å²) in [6.07, 6.45) is 9.00. The van der Waals surface area contributed by atoms with E-state index in [0.29, 0.717) is 22.4 Å². The number of nitrogen functional groups attached to an aromatic ring is 1. The van der Waals surface area contributed by atoms with E-state index in [9.17, 15) is 61.3 Å².